The highest BCUT2D eigenvalue weighted by Gasteiger charge is 2.17. The summed E-state index contributed by atoms with van der Waals surface area (Å²) in [4.78, 5) is 12.1. The van der Waals surface area contributed by atoms with Crippen LogP contribution in [0.15, 0.2) is 17.7 Å². The van der Waals surface area contributed by atoms with E-state index in [1.54, 1.807) is 13.0 Å². The molecule has 0 aromatic heterocycles. The summed E-state index contributed by atoms with van der Waals surface area (Å²) in [6, 6.07) is 1.69. The lowest BCUT2D eigenvalue weighted by Crippen LogP contribution is -2.18. The van der Waals surface area contributed by atoms with Gasteiger partial charge in [-0.2, -0.15) is 0 Å². The molecular formula is C15H19BO2. The average Bonchev–Trinajstić information content (AvgIpc) is 2.22. The first-order valence-corrected chi connectivity index (χ1v) is 6.06. The summed E-state index contributed by atoms with van der Waals surface area (Å²) in [5.41, 5.74) is 3.07. The van der Waals surface area contributed by atoms with Crippen molar-refractivity contribution in [1.29, 1.82) is 0 Å². The van der Waals surface area contributed by atoms with E-state index >= 15 is 0 Å². The Hall–Kier alpha value is -1.51. The molecule has 0 amide bonds. The number of phenols is 1. The van der Waals surface area contributed by atoms with Crippen molar-refractivity contribution in [2.24, 2.45) is 0 Å². The number of carbonyl (C=O) groups is 1. The molecule has 2 radical (unpaired) electrons. The second kappa shape index (κ2) is 5.43. The van der Waals surface area contributed by atoms with Crippen LogP contribution in [0, 0.1) is 6.92 Å². The Morgan fingerprint density at radius 2 is 1.94 bits per heavy atom. The molecule has 1 aromatic carbocycles. The SMILES string of the molecule is [B]c1cc(C(C)C)c(O)c(C)c1C(=O)C=C(C)C. The molecule has 0 heterocycles. The van der Waals surface area contributed by atoms with Crippen LogP contribution in [-0.2, 0) is 0 Å². The number of rotatable bonds is 3. The second-order valence-corrected chi connectivity index (χ2v) is 5.14. The van der Waals surface area contributed by atoms with Crippen molar-refractivity contribution < 1.29 is 9.90 Å². The number of hydrogen-bond acceptors (Lipinski definition) is 2. The van der Waals surface area contributed by atoms with Crippen molar-refractivity contribution in [2.75, 3.05) is 0 Å². The fourth-order valence-electron chi connectivity index (χ4n) is 1.96. The molecule has 0 bridgehead atoms. The van der Waals surface area contributed by atoms with Gasteiger partial charge in [0.05, 0.1) is 0 Å². The van der Waals surface area contributed by atoms with Gasteiger partial charge in [0.15, 0.2) is 5.78 Å². The predicted molar refractivity (Wildman–Crippen MR) is 76.1 cm³/mol. The number of ketones is 1. The number of aromatic hydroxyl groups is 1. The molecule has 0 aliphatic carbocycles. The van der Waals surface area contributed by atoms with Gasteiger partial charge >= 0.3 is 0 Å². The molecule has 0 saturated carbocycles. The first-order valence-electron chi connectivity index (χ1n) is 6.06. The molecule has 0 spiro atoms. The fraction of sp³-hybridized carbons (Fsp3) is 0.400. The fourth-order valence-corrected chi connectivity index (χ4v) is 1.96. The highest BCUT2D eigenvalue weighted by atomic mass is 16.3. The Labute approximate surface area is 110 Å². The Morgan fingerprint density at radius 1 is 1.39 bits per heavy atom. The number of carbonyl (C=O) groups excluding carboxylic acids is 1. The van der Waals surface area contributed by atoms with Crippen LogP contribution in [0.5, 0.6) is 5.75 Å². The van der Waals surface area contributed by atoms with Gasteiger partial charge in [0, 0.05) is 11.1 Å². The summed E-state index contributed by atoms with van der Waals surface area (Å²) in [6.45, 7) is 9.39. The van der Waals surface area contributed by atoms with E-state index in [0.29, 0.717) is 16.6 Å². The van der Waals surface area contributed by atoms with E-state index in [-0.39, 0.29) is 17.5 Å². The average molecular weight is 242 g/mol. The van der Waals surface area contributed by atoms with Crippen molar-refractivity contribution in [3.05, 3.63) is 34.4 Å². The number of allylic oxidation sites excluding steroid dienone is 2. The van der Waals surface area contributed by atoms with Crippen molar-refractivity contribution >= 4 is 19.1 Å². The molecule has 1 aromatic rings. The molecule has 1 rings (SSSR count). The van der Waals surface area contributed by atoms with Crippen molar-refractivity contribution in [2.45, 2.75) is 40.5 Å². The van der Waals surface area contributed by atoms with Gasteiger partial charge in [0.2, 0.25) is 0 Å². The molecular weight excluding hydrogens is 223 g/mol. The lowest BCUT2D eigenvalue weighted by molar-refractivity contribution is 0.104. The first kappa shape index (κ1) is 14.6. The summed E-state index contributed by atoms with van der Waals surface area (Å²) >= 11 is 0. The number of benzene rings is 1. The summed E-state index contributed by atoms with van der Waals surface area (Å²) in [6.07, 6.45) is 1.53. The van der Waals surface area contributed by atoms with E-state index in [1.165, 1.54) is 6.08 Å². The summed E-state index contributed by atoms with van der Waals surface area (Å²) < 4.78 is 0. The molecule has 18 heavy (non-hydrogen) atoms. The van der Waals surface area contributed by atoms with Gasteiger partial charge in [-0.25, -0.2) is 0 Å². The summed E-state index contributed by atoms with van der Waals surface area (Å²) in [5, 5.41) is 10.1. The Balaban J connectivity index is 3.45. The van der Waals surface area contributed by atoms with Crippen molar-refractivity contribution in [3.63, 3.8) is 0 Å². The van der Waals surface area contributed by atoms with Crippen LogP contribution in [-0.4, -0.2) is 18.7 Å². The summed E-state index contributed by atoms with van der Waals surface area (Å²) in [7, 11) is 5.94. The first-order chi connectivity index (χ1) is 8.25. The van der Waals surface area contributed by atoms with Gasteiger partial charge < -0.3 is 5.11 Å². The molecule has 94 valence electrons. The minimum absolute atomic E-state index is 0.157. The maximum absolute atomic E-state index is 12.1. The highest BCUT2D eigenvalue weighted by Crippen LogP contribution is 2.30. The van der Waals surface area contributed by atoms with E-state index in [1.807, 2.05) is 27.7 Å². The molecule has 0 aliphatic rings. The quantitative estimate of drug-likeness (QED) is 0.502. The minimum Gasteiger partial charge on any atom is -0.507 e. The molecule has 0 atom stereocenters. The van der Waals surface area contributed by atoms with Crippen LogP contribution in [0.2, 0.25) is 0 Å². The Morgan fingerprint density at radius 3 is 2.39 bits per heavy atom. The van der Waals surface area contributed by atoms with Crippen LogP contribution in [0.4, 0.5) is 0 Å². The van der Waals surface area contributed by atoms with Gasteiger partial charge in [-0.1, -0.05) is 30.9 Å². The predicted octanol–water partition coefficient (Wildman–Crippen LogP) is 2.77. The van der Waals surface area contributed by atoms with Crippen LogP contribution in [0.3, 0.4) is 0 Å². The van der Waals surface area contributed by atoms with E-state index in [9.17, 15) is 9.90 Å². The maximum Gasteiger partial charge on any atom is 0.185 e. The largest absolute Gasteiger partial charge is 0.507 e. The third kappa shape index (κ3) is 2.84. The van der Waals surface area contributed by atoms with E-state index in [2.05, 4.69) is 0 Å². The zero-order chi connectivity index (χ0) is 14.0. The van der Waals surface area contributed by atoms with Gasteiger partial charge in [0.1, 0.15) is 13.6 Å². The van der Waals surface area contributed by atoms with E-state index < -0.39 is 0 Å². The lowest BCUT2D eigenvalue weighted by atomic mass is 9.81. The maximum atomic E-state index is 12.1. The van der Waals surface area contributed by atoms with Gasteiger partial charge in [-0.05, 0) is 38.3 Å². The van der Waals surface area contributed by atoms with Gasteiger partial charge in [-0.3, -0.25) is 4.79 Å². The van der Waals surface area contributed by atoms with Crippen molar-refractivity contribution in [3.8, 4) is 5.75 Å². The van der Waals surface area contributed by atoms with Crippen LogP contribution in [0.1, 0.15) is 55.1 Å². The Kier molecular flexibility index (Phi) is 4.39. The molecule has 3 heteroatoms. The molecule has 0 saturated heterocycles. The molecule has 1 N–H and O–H groups in total. The second-order valence-electron chi connectivity index (χ2n) is 5.14. The van der Waals surface area contributed by atoms with Crippen molar-refractivity contribution in [1.82, 2.24) is 0 Å². The third-order valence-corrected chi connectivity index (χ3v) is 2.89. The number of phenolic OH excluding ortho intramolecular Hbond substituents is 1. The summed E-state index contributed by atoms with van der Waals surface area (Å²) in [5.74, 6) is 0.180. The van der Waals surface area contributed by atoms with E-state index in [4.69, 9.17) is 7.85 Å². The lowest BCUT2D eigenvalue weighted by Gasteiger charge is -2.16. The Bertz CT molecular complexity index is 510. The van der Waals surface area contributed by atoms with Gasteiger partial charge in [0.25, 0.3) is 0 Å². The normalized spacial score (nSPS) is 10.6. The molecule has 2 nitrogen and oxygen atoms in total. The molecule has 0 unspecified atom stereocenters. The zero-order valence-corrected chi connectivity index (χ0v) is 11.7. The van der Waals surface area contributed by atoms with E-state index in [0.717, 1.165) is 11.1 Å². The van der Waals surface area contributed by atoms with Crippen LogP contribution < -0.4 is 5.46 Å². The van der Waals surface area contributed by atoms with Gasteiger partial charge in [-0.15, -0.1) is 0 Å². The topological polar surface area (TPSA) is 37.3 Å². The molecule has 0 aliphatic heterocycles. The standard InChI is InChI=1S/C15H19BO2/c1-8(2)6-13(17)14-10(5)15(18)11(9(3)4)7-12(14)16/h6-7,9,18H,1-5H3. The van der Waals surface area contributed by atoms with Crippen LogP contribution in [0.25, 0.3) is 0 Å². The number of hydrogen-bond donors (Lipinski definition) is 1. The monoisotopic (exact) mass is 242 g/mol. The van der Waals surface area contributed by atoms with Crippen LogP contribution >= 0.6 is 0 Å². The highest BCUT2D eigenvalue weighted by molar-refractivity contribution is 6.38. The minimum atomic E-state index is -0.157. The third-order valence-electron chi connectivity index (χ3n) is 2.89. The zero-order valence-electron chi connectivity index (χ0n) is 11.7. The smallest absolute Gasteiger partial charge is 0.185 e. The molecule has 0 fully saturated rings.